The van der Waals surface area contributed by atoms with E-state index in [2.05, 4.69) is 41.5 Å². The second kappa shape index (κ2) is 4.24. The van der Waals surface area contributed by atoms with E-state index in [-0.39, 0.29) is 0 Å². The first kappa shape index (κ1) is 11.9. The van der Waals surface area contributed by atoms with E-state index in [0.717, 1.165) is 0 Å². The Morgan fingerprint density at radius 3 is 1.18 bits per heavy atom. The standard InChI is InChI=1S/2C5H11.Cd/c2*1-5(2,3)4;/h2*1H2,2-4H3;. The summed E-state index contributed by atoms with van der Waals surface area (Å²) in [6.07, 6.45) is 0. The van der Waals surface area contributed by atoms with Crippen molar-refractivity contribution in [2.24, 2.45) is 10.8 Å². The third-order valence-electron chi connectivity index (χ3n) is 1.85. The van der Waals surface area contributed by atoms with Gasteiger partial charge in [0.15, 0.2) is 0 Å². The Hall–Kier alpha value is 0.922. The van der Waals surface area contributed by atoms with Gasteiger partial charge >= 0.3 is 84.6 Å². The Balaban J connectivity index is 3.44. The molecular weight excluding hydrogens is 233 g/mol. The molecule has 0 saturated heterocycles. The van der Waals surface area contributed by atoms with Gasteiger partial charge in [-0.15, -0.1) is 0 Å². The fraction of sp³-hybridized carbons (Fsp3) is 1.00. The van der Waals surface area contributed by atoms with Gasteiger partial charge in [0.25, 0.3) is 0 Å². The molecule has 0 rings (SSSR count). The van der Waals surface area contributed by atoms with E-state index < -0.39 is 24.2 Å². The van der Waals surface area contributed by atoms with Gasteiger partial charge in [0.2, 0.25) is 0 Å². The minimum atomic E-state index is -0.394. The third kappa shape index (κ3) is 10.9. The molecule has 0 atom stereocenters. The van der Waals surface area contributed by atoms with E-state index in [4.69, 9.17) is 0 Å². The minimum absolute atomic E-state index is 0.394. The van der Waals surface area contributed by atoms with Crippen molar-refractivity contribution >= 4 is 0 Å². The summed E-state index contributed by atoms with van der Waals surface area (Å²) in [5.74, 6) is 0. The van der Waals surface area contributed by atoms with Crippen LogP contribution < -0.4 is 0 Å². The zero-order valence-electron chi connectivity index (χ0n) is 9.12. The molecule has 0 saturated carbocycles. The summed E-state index contributed by atoms with van der Waals surface area (Å²) in [6, 6.07) is 0. The zero-order valence-corrected chi connectivity index (χ0v) is 13.2. The molecule has 0 radical (unpaired) electrons. The summed E-state index contributed by atoms with van der Waals surface area (Å²) in [5, 5.41) is 0. The second-order valence-electron chi connectivity index (χ2n) is 5.97. The summed E-state index contributed by atoms with van der Waals surface area (Å²) in [4.78, 5) is 0. The van der Waals surface area contributed by atoms with Crippen molar-refractivity contribution in [3.8, 4) is 0 Å². The third-order valence-corrected chi connectivity index (χ3v) is 12.4. The van der Waals surface area contributed by atoms with Gasteiger partial charge in [-0.1, -0.05) is 0 Å². The van der Waals surface area contributed by atoms with E-state index >= 15 is 0 Å². The summed E-state index contributed by atoms with van der Waals surface area (Å²) >= 11 is -0.394. The van der Waals surface area contributed by atoms with Crippen molar-refractivity contribution in [2.45, 2.75) is 49.5 Å². The monoisotopic (exact) mass is 256 g/mol. The number of hydrogen-bond donors (Lipinski definition) is 0. The number of rotatable bonds is 2. The molecule has 0 nitrogen and oxygen atoms in total. The topological polar surface area (TPSA) is 0 Å². The Morgan fingerprint density at radius 2 is 1.00 bits per heavy atom. The van der Waals surface area contributed by atoms with Gasteiger partial charge < -0.3 is 0 Å². The molecule has 0 fully saturated rings. The van der Waals surface area contributed by atoms with Crippen LogP contribution in [-0.4, -0.2) is 0 Å². The van der Waals surface area contributed by atoms with E-state index in [1.54, 1.807) is 7.96 Å². The van der Waals surface area contributed by atoms with Gasteiger partial charge in [0, 0.05) is 0 Å². The molecule has 1 heteroatoms. The molecule has 0 N–H and O–H groups in total. The fourth-order valence-electron chi connectivity index (χ4n) is 1.15. The van der Waals surface area contributed by atoms with Crippen LogP contribution in [0.4, 0.5) is 0 Å². The predicted octanol–water partition coefficient (Wildman–Crippen LogP) is 4.00. The van der Waals surface area contributed by atoms with E-state index in [9.17, 15) is 0 Å². The normalized spacial score (nSPS) is 12.9. The molecule has 0 aliphatic rings. The molecule has 0 aromatic rings. The van der Waals surface area contributed by atoms with E-state index in [0.29, 0.717) is 10.8 Å². The van der Waals surface area contributed by atoms with Gasteiger partial charge in [0.05, 0.1) is 0 Å². The molecule has 0 spiro atoms. The fourth-order valence-corrected chi connectivity index (χ4v) is 7.71. The second-order valence-corrected chi connectivity index (χ2v) is 10.8. The predicted molar refractivity (Wildman–Crippen MR) is 48.5 cm³/mol. The average Bonchev–Trinajstić information content (AvgIpc) is 1.55. The molecule has 0 bridgehead atoms. The van der Waals surface area contributed by atoms with E-state index in [1.165, 1.54) is 0 Å². The van der Waals surface area contributed by atoms with Gasteiger partial charge in [-0.3, -0.25) is 0 Å². The van der Waals surface area contributed by atoms with Crippen molar-refractivity contribution in [3.63, 3.8) is 0 Å². The summed E-state index contributed by atoms with van der Waals surface area (Å²) in [5.41, 5.74) is 1.22. The molecule has 0 amide bonds. The Kier molecular flexibility index (Phi) is 4.60. The van der Waals surface area contributed by atoms with Crippen LogP contribution in [-0.2, 0) is 24.2 Å². The van der Waals surface area contributed by atoms with Crippen LogP contribution in [0.15, 0.2) is 0 Å². The van der Waals surface area contributed by atoms with Crippen LogP contribution in [0.3, 0.4) is 0 Å². The molecule has 0 aliphatic carbocycles. The first-order valence-electron chi connectivity index (χ1n) is 4.71. The van der Waals surface area contributed by atoms with Crippen molar-refractivity contribution in [1.82, 2.24) is 0 Å². The molecule has 0 heterocycles. The SMILES string of the molecule is CC(C)(C)[CH2][Cd][CH2]C(C)(C)C. The Labute approximate surface area is 84.4 Å². The van der Waals surface area contributed by atoms with Crippen LogP contribution in [0.5, 0.6) is 0 Å². The van der Waals surface area contributed by atoms with Gasteiger partial charge in [-0.25, -0.2) is 0 Å². The molecule has 11 heavy (non-hydrogen) atoms. The van der Waals surface area contributed by atoms with Crippen LogP contribution >= 0.6 is 0 Å². The van der Waals surface area contributed by atoms with Crippen molar-refractivity contribution < 1.29 is 24.2 Å². The van der Waals surface area contributed by atoms with Crippen LogP contribution in [0.25, 0.3) is 0 Å². The summed E-state index contributed by atoms with van der Waals surface area (Å²) < 4.78 is 3.12. The van der Waals surface area contributed by atoms with Crippen LogP contribution in [0.2, 0.25) is 7.96 Å². The quantitative estimate of drug-likeness (QED) is 0.654. The zero-order chi connectivity index (χ0) is 9.12. The summed E-state index contributed by atoms with van der Waals surface area (Å²) in [6.45, 7) is 14.2. The van der Waals surface area contributed by atoms with Crippen LogP contribution in [0, 0.1) is 10.8 Å². The summed E-state index contributed by atoms with van der Waals surface area (Å²) in [7, 11) is 0. The molecule has 0 aromatic heterocycles. The average molecular weight is 255 g/mol. The van der Waals surface area contributed by atoms with Gasteiger partial charge in [0.1, 0.15) is 0 Å². The Bertz CT molecular complexity index is 89.0. The van der Waals surface area contributed by atoms with E-state index in [1.807, 2.05) is 0 Å². The first-order valence-corrected chi connectivity index (χ1v) is 10.4. The van der Waals surface area contributed by atoms with Crippen LogP contribution in [0.1, 0.15) is 41.5 Å². The molecule has 0 aliphatic heterocycles. The van der Waals surface area contributed by atoms with Gasteiger partial charge in [-0.05, 0) is 0 Å². The van der Waals surface area contributed by atoms with Crippen molar-refractivity contribution in [2.75, 3.05) is 0 Å². The van der Waals surface area contributed by atoms with Gasteiger partial charge in [-0.2, -0.15) is 0 Å². The maximum atomic E-state index is 2.37. The Morgan fingerprint density at radius 1 is 0.727 bits per heavy atom. The molecule has 0 unspecified atom stereocenters. The first-order chi connectivity index (χ1) is 4.71. The number of hydrogen-bond acceptors (Lipinski definition) is 0. The van der Waals surface area contributed by atoms with Crippen molar-refractivity contribution in [3.05, 3.63) is 0 Å². The van der Waals surface area contributed by atoms with Crippen molar-refractivity contribution in [1.29, 1.82) is 0 Å². The molecular formula is C10H22Cd. The molecule has 64 valence electrons. The maximum absolute atomic E-state index is 2.37. The molecule has 0 aromatic carbocycles.